The number of pyridine rings is 2. The summed E-state index contributed by atoms with van der Waals surface area (Å²) in [6, 6.07) is 4.06. The average Bonchev–Trinajstić information content (AvgIpc) is 3.12. The fourth-order valence-electron chi connectivity index (χ4n) is 3.30. The number of halogens is 3. The van der Waals surface area contributed by atoms with Gasteiger partial charge in [-0.3, -0.25) is 14.5 Å². The summed E-state index contributed by atoms with van der Waals surface area (Å²) in [5.41, 5.74) is 1.93. The van der Waals surface area contributed by atoms with Crippen LogP contribution in [0.1, 0.15) is 18.1 Å². The fraction of sp³-hybridized carbons (Fsp3) is 0.190. The van der Waals surface area contributed by atoms with Crippen LogP contribution in [0, 0.1) is 18.3 Å². The summed E-state index contributed by atoms with van der Waals surface area (Å²) in [5.74, 6) is 0.347. The van der Waals surface area contributed by atoms with Gasteiger partial charge < -0.3 is 0 Å². The van der Waals surface area contributed by atoms with Crippen LogP contribution in [0.25, 0.3) is 28.2 Å². The van der Waals surface area contributed by atoms with E-state index in [4.69, 9.17) is 0 Å². The first-order chi connectivity index (χ1) is 16.0. The lowest BCUT2D eigenvalue weighted by Gasteiger charge is -2.17. The molecule has 0 saturated heterocycles. The van der Waals surface area contributed by atoms with E-state index in [0.717, 1.165) is 17.8 Å². The lowest BCUT2D eigenvalue weighted by atomic mass is 10.1. The molecule has 4 heterocycles. The van der Waals surface area contributed by atoms with Crippen molar-refractivity contribution in [2.75, 3.05) is 0 Å². The third-order valence-corrected chi connectivity index (χ3v) is 6.47. The maximum Gasteiger partial charge on any atom is 0.404 e. The van der Waals surface area contributed by atoms with Crippen molar-refractivity contribution in [3.8, 4) is 23.3 Å². The number of alkyl halides is 3. The minimum atomic E-state index is -4.75. The zero-order valence-electron chi connectivity index (χ0n) is 17.7. The Hall–Kier alpha value is -3.89. The molecule has 1 N–H and O–H groups in total. The van der Waals surface area contributed by atoms with Gasteiger partial charge in [-0.1, -0.05) is 0 Å². The van der Waals surface area contributed by atoms with Gasteiger partial charge in [0.2, 0.25) is 10.0 Å². The number of aryl methyl sites for hydroxylation is 1. The number of aromatic nitrogens is 5. The molecule has 4 aromatic rings. The standard InChI is InChI=1S/C21H16F3N7O2S/c1-12-7-15-16(8-25)19(31(20(15)29-9-12)18-11-26-5-6-27-18)17-4-3-14(10-28-17)34(32,33)30-13(2)21(22,23)24/h3-7,9-11,13,30H,1-2H3/t13-/m0/s1. The van der Waals surface area contributed by atoms with Crippen molar-refractivity contribution < 1.29 is 21.6 Å². The number of fused-ring (bicyclic) bond motifs is 1. The molecular weight excluding hydrogens is 471 g/mol. The highest BCUT2D eigenvalue weighted by Crippen LogP contribution is 2.34. The van der Waals surface area contributed by atoms with Gasteiger partial charge in [0.15, 0.2) is 5.82 Å². The van der Waals surface area contributed by atoms with Crippen LogP contribution in [-0.2, 0) is 10.0 Å². The van der Waals surface area contributed by atoms with Gasteiger partial charge in [-0.25, -0.2) is 18.4 Å². The van der Waals surface area contributed by atoms with Crippen molar-refractivity contribution in [2.45, 2.75) is 31.0 Å². The van der Waals surface area contributed by atoms with Gasteiger partial charge >= 0.3 is 6.18 Å². The molecule has 0 amide bonds. The maximum atomic E-state index is 12.8. The molecule has 0 radical (unpaired) electrons. The van der Waals surface area contributed by atoms with Gasteiger partial charge in [0.05, 0.1) is 23.1 Å². The van der Waals surface area contributed by atoms with E-state index in [1.165, 1.54) is 24.7 Å². The Morgan fingerprint density at radius 2 is 1.88 bits per heavy atom. The second kappa shape index (κ2) is 8.47. The Balaban J connectivity index is 1.87. The Morgan fingerprint density at radius 1 is 1.12 bits per heavy atom. The van der Waals surface area contributed by atoms with Crippen LogP contribution < -0.4 is 4.72 Å². The Morgan fingerprint density at radius 3 is 2.47 bits per heavy atom. The lowest BCUT2D eigenvalue weighted by Crippen LogP contribution is -2.42. The third kappa shape index (κ3) is 4.20. The normalized spacial score (nSPS) is 13.1. The predicted octanol–water partition coefficient (Wildman–Crippen LogP) is 3.29. The van der Waals surface area contributed by atoms with E-state index < -0.39 is 27.1 Å². The summed E-state index contributed by atoms with van der Waals surface area (Å²) >= 11 is 0. The first-order valence-corrected chi connectivity index (χ1v) is 11.2. The quantitative estimate of drug-likeness (QED) is 0.458. The van der Waals surface area contributed by atoms with Crippen molar-refractivity contribution >= 4 is 21.1 Å². The number of nitrogens with zero attached hydrogens (tertiary/aromatic N) is 6. The Labute approximate surface area is 192 Å². The minimum Gasteiger partial charge on any atom is -0.274 e. The molecule has 0 aromatic carbocycles. The molecule has 0 aliphatic heterocycles. The number of nitriles is 1. The van der Waals surface area contributed by atoms with Crippen LogP contribution in [0.2, 0.25) is 0 Å². The highest BCUT2D eigenvalue weighted by atomic mass is 32.2. The van der Waals surface area contributed by atoms with Crippen LogP contribution in [0.4, 0.5) is 13.2 Å². The molecule has 0 bridgehead atoms. The van der Waals surface area contributed by atoms with E-state index >= 15 is 0 Å². The molecule has 4 aromatic heterocycles. The van der Waals surface area contributed by atoms with E-state index in [2.05, 4.69) is 26.0 Å². The van der Waals surface area contributed by atoms with Crippen molar-refractivity contribution in [1.29, 1.82) is 5.26 Å². The molecular formula is C21H16F3N7O2S. The van der Waals surface area contributed by atoms with Gasteiger partial charge in [0.1, 0.15) is 22.7 Å². The minimum absolute atomic E-state index is 0.195. The van der Waals surface area contributed by atoms with Crippen molar-refractivity contribution in [1.82, 2.24) is 29.2 Å². The van der Waals surface area contributed by atoms with Crippen LogP contribution in [0.5, 0.6) is 0 Å². The first-order valence-electron chi connectivity index (χ1n) is 9.76. The molecule has 0 saturated carbocycles. The second-order valence-corrected chi connectivity index (χ2v) is 9.10. The Bertz CT molecular complexity index is 1510. The van der Waals surface area contributed by atoms with E-state index in [9.17, 15) is 26.9 Å². The van der Waals surface area contributed by atoms with E-state index in [1.807, 2.05) is 6.92 Å². The van der Waals surface area contributed by atoms with Crippen molar-refractivity contribution in [3.63, 3.8) is 0 Å². The molecule has 0 spiro atoms. The number of nitrogens with one attached hydrogen (secondary N) is 1. The zero-order valence-corrected chi connectivity index (χ0v) is 18.6. The molecule has 9 nitrogen and oxygen atoms in total. The van der Waals surface area contributed by atoms with Crippen molar-refractivity contribution in [2.24, 2.45) is 0 Å². The topological polar surface area (TPSA) is 126 Å². The van der Waals surface area contributed by atoms with Crippen LogP contribution in [-0.4, -0.2) is 45.1 Å². The van der Waals surface area contributed by atoms with E-state index in [0.29, 0.717) is 23.8 Å². The molecule has 34 heavy (non-hydrogen) atoms. The molecule has 0 aliphatic carbocycles. The summed E-state index contributed by atoms with van der Waals surface area (Å²) in [5, 5.41) is 10.5. The van der Waals surface area contributed by atoms with Crippen LogP contribution in [0.15, 0.2) is 54.1 Å². The molecule has 13 heteroatoms. The van der Waals surface area contributed by atoms with Gasteiger partial charge in [0.25, 0.3) is 0 Å². The second-order valence-electron chi connectivity index (χ2n) is 7.38. The first kappa shape index (κ1) is 23.3. The van der Waals surface area contributed by atoms with Gasteiger partial charge in [-0.2, -0.15) is 23.2 Å². The van der Waals surface area contributed by atoms with Crippen LogP contribution >= 0.6 is 0 Å². The van der Waals surface area contributed by atoms with Crippen LogP contribution in [0.3, 0.4) is 0 Å². The number of sulfonamides is 1. The summed E-state index contributed by atoms with van der Waals surface area (Å²) in [7, 11) is -4.49. The summed E-state index contributed by atoms with van der Waals surface area (Å²) < 4.78 is 66.4. The Kier molecular flexibility index (Phi) is 5.80. The summed E-state index contributed by atoms with van der Waals surface area (Å²) in [6.45, 7) is 2.52. The van der Waals surface area contributed by atoms with Gasteiger partial charge in [-0.05, 0) is 37.6 Å². The third-order valence-electron chi connectivity index (χ3n) is 4.95. The monoisotopic (exact) mass is 487 g/mol. The molecule has 1 atom stereocenters. The number of rotatable bonds is 5. The molecule has 0 aliphatic rings. The van der Waals surface area contributed by atoms with Gasteiger partial charge in [0, 0.05) is 30.2 Å². The molecule has 0 unspecified atom stereocenters. The molecule has 4 rings (SSSR count). The summed E-state index contributed by atoms with van der Waals surface area (Å²) in [4.78, 5) is 16.5. The molecule has 174 valence electrons. The highest BCUT2D eigenvalue weighted by molar-refractivity contribution is 7.89. The predicted molar refractivity (Wildman–Crippen MR) is 115 cm³/mol. The maximum absolute atomic E-state index is 12.8. The fourth-order valence-corrected chi connectivity index (χ4v) is 4.48. The van der Waals surface area contributed by atoms with Crippen molar-refractivity contribution in [3.05, 3.63) is 60.3 Å². The SMILES string of the molecule is Cc1cnc2c(c1)c(C#N)c(-c1ccc(S(=O)(=O)N[C@@H](C)C(F)(F)F)cn1)n2-c1cnccn1. The zero-order chi connectivity index (χ0) is 24.7. The molecule has 0 fully saturated rings. The van der Waals surface area contributed by atoms with E-state index in [1.54, 1.807) is 21.6 Å². The van der Waals surface area contributed by atoms with Gasteiger partial charge in [-0.15, -0.1) is 0 Å². The smallest absolute Gasteiger partial charge is 0.274 e. The number of hydrogen-bond acceptors (Lipinski definition) is 7. The lowest BCUT2D eigenvalue weighted by molar-refractivity contribution is -0.147. The largest absolute Gasteiger partial charge is 0.404 e. The summed E-state index contributed by atoms with van der Waals surface area (Å²) in [6.07, 6.45) is 2.21. The highest BCUT2D eigenvalue weighted by Gasteiger charge is 2.39. The average molecular weight is 487 g/mol. The van der Waals surface area contributed by atoms with E-state index in [-0.39, 0.29) is 17.0 Å². The number of hydrogen-bond donors (Lipinski definition) is 1.